The average Bonchev–Trinajstić information content (AvgIpc) is 3.28. The minimum absolute atomic E-state index is 0.151. The number of aromatic hydroxyl groups is 1. The van der Waals surface area contributed by atoms with Crippen molar-refractivity contribution in [3.8, 4) is 28.5 Å². The molecule has 0 aliphatic rings. The van der Waals surface area contributed by atoms with Gasteiger partial charge in [0.25, 0.3) is 5.95 Å². The summed E-state index contributed by atoms with van der Waals surface area (Å²) in [5.74, 6) is 0.450. The first-order valence-corrected chi connectivity index (χ1v) is 8.61. The van der Waals surface area contributed by atoms with Crippen LogP contribution in [-0.4, -0.2) is 16.3 Å². The van der Waals surface area contributed by atoms with Crippen LogP contribution in [0.3, 0.4) is 0 Å². The molecule has 4 aromatic rings. The summed E-state index contributed by atoms with van der Waals surface area (Å²) in [6.45, 7) is 0. The van der Waals surface area contributed by atoms with Crippen molar-refractivity contribution >= 4 is 22.7 Å². The zero-order valence-corrected chi connectivity index (χ0v) is 14.0. The summed E-state index contributed by atoms with van der Waals surface area (Å²) in [6.07, 6.45) is 1.57. The molecule has 2 heterocycles. The zero-order valence-electron chi connectivity index (χ0n) is 13.2. The van der Waals surface area contributed by atoms with Crippen LogP contribution in [-0.2, 0) is 0 Å². The molecule has 0 radical (unpaired) electrons. The number of hydrogen-bond donors (Lipinski definition) is 1. The van der Waals surface area contributed by atoms with Crippen LogP contribution < -0.4 is 0 Å². The van der Waals surface area contributed by atoms with Crippen LogP contribution in [0.5, 0.6) is 5.95 Å². The number of hydrogen-bond acceptors (Lipinski definition) is 5. The summed E-state index contributed by atoms with van der Waals surface area (Å²) in [5, 5.41) is 12.6. The number of nitrogens with zero attached hydrogens (tertiary/aromatic N) is 2. The number of thiazole rings is 1. The Morgan fingerprint density at radius 3 is 2.36 bits per heavy atom. The van der Waals surface area contributed by atoms with Crippen LogP contribution in [0.4, 0.5) is 5.13 Å². The van der Waals surface area contributed by atoms with Crippen LogP contribution >= 0.6 is 11.3 Å². The lowest BCUT2D eigenvalue weighted by Gasteiger charge is -1.93. The first-order valence-electron chi connectivity index (χ1n) is 7.73. The van der Waals surface area contributed by atoms with E-state index in [2.05, 4.69) is 9.98 Å². The van der Waals surface area contributed by atoms with Gasteiger partial charge < -0.3 is 9.52 Å². The molecular weight excluding hydrogens is 332 g/mol. The van der Waals surface area contributed by atoms with Gasteiger partial charge in [-0.05, 0) is 6.07 Å². The molecule has 0 aliphatic heterocycles. The Hall–Kier alpha value is -3.18. The minimum atomic E-state index is -0.151. The molecular formula is C20H14N2O2S. The number of aromatic nitrogens is 1. The molecule has 0 aliphatic carbocycles. The molecule has 1 N–H and O–H groups in total. The molecule has 4 nitrogen and oxygen atoms in total. The molecule has 0 amide bonds. The zero-order chi connectivity index (χ0) is 17.1. The van der Waals surface area contributed by atoms with Crippen LogP contribution in [0.1, 0.15) is 5.56 Å². The Morgan fingerprint density at radius 2 is 1.64 bits per heavy atom. The van der Waals surface area contributed by atoms with Crippen LogP contribution in [0.2, 0.25) is 0 Å². The maximum Gasteiger partial charge on any atom is 0.291 e. The van der Waals surface area contributed by atoms with Gasteiger partial charge in [0, 0.05) is 22.7 Å². The number of aliphatic imine (C=N–C) groups is 1. The number of rotatable bonds is 4. The third kappa shape index (κ3) is 3.36. The van der Waals surface area contributed by atoms with E-state index in [0.717, 1.165) is 16.8 Å². The maximum absolute atomic E-state index is 9.98. The molecule has 0 atom stereocenters. The molecule has 0 saturated heterocycles. The van der Waals surface area contributed by atoms with Gasteiger partial charge in [0.2, 0.25) is 5.13 Å². The van der Waals surface area contributed by atoms with Gasteiger partial charge >= 0.3 is 0 Å². The van der Waals surface area contributed by atoms with Gasteiger partial charge in [0.05, 0.1) is 11.3 Å². The highest BCUT2D eigenvalue weighted by Gasteiger charge is 2.10. The Bertz CT molecular complexity index is 1000. The van der Waals surface area contributed by atoms with Crippen molar-refractivity contribution in [2.45, 2.75) is 0 Å². The fourth-order valence-corrected chi connectivity index (χ4v) is 3.09. The van der Waals surface area contributed by atoms with Crippen molar-refractivity contribution < 1.29 is 9.52 Å². The van der Waals surface area contributed by atoms with Crippen molar-refractivity contribution in [2.24, 2.45) is 4.99 Å². The maximum atomic E-state index is 9.98. The highest BCUT2D eigenvalue weighted by molar-refractivity contribution is 7.13. The van der Waals surface area contributed by atoms with E-state index >= 15 is 0 Å². The molecule has 0 bridgehead atoms. The molecule has 4 rings (SSSR count). The lowest BCUT2D eigenvalue weighted by molar-refractivity contribution is 0.337. The summed E-state index contributed by atoms with van der Waals surface area (Å²) in [6, 6.07) is 21.3. The SMILES string of the molecule is Oc1oc(-c2ccccc2)cc1C=Nc1nc(-c2ccccc2)cs1. The second kappa shape index (κ2) is 6.75. The quantitative estimate of drug-likeness (QED) is 0.495. The molecule has 0 fully saturated rings. The van der Waals surface area contributed by atoms with Gasteiger partial charge in [0.15, 0.2) is 0 Å². The van der Waals surface area contributed by atoms with E-state index in [1.807, 2.05) is 66.0 Å². The van der Waals surface area contributed by atoms with Gasteiger partial charge in [-0.1, -0.05) is 60.7 Å². The third-order valence-electron chi connectivity index (χ3n) is 3.67. The lowest BCUT2D eigenvalue weighted by Crippen LogP contribution is -1.77. The Morgan fingerprint density at radius 1 is 0.960 bits per heavy atom. The first-order chi connectivity index (χ1) is 12.3. The standard InChI is InChI=1S/C20H14N2O2S/c23-19-16(11-18(24-19)15-9-5-2-6-10-15)12-21-20-22-17(13-25-20)14-7-3-1-4-8-14/h1-13,23H. The molecule has 5 heteroatoms. The predicted molar refractivity (Wildman–Crippen MR) is 101 cm³/mol. The summed E-state index contributed by atoms with van der Waals surface area (Å²) >= 11 is 1.45. The largest absolute Gasteiger partial charge is 0.480 e. The van der Waals surface area contributed by atoms with Gasteiger partial charge in [-0.25, -0.2) is 9.98 Å². The van der Waals surface area contributed by atoms with Crippen molar-refractivity contribution in [1.29, 1.82) is 0 Å². The van der Waals surface area contributed by atoms with E-state index in [1.165, 1.54) is 11.3 Å². The first kappa shape index (κ1) is 15.4. The van der Waals surface area contributed by atoms with E-state index < -0.39 is 0 Å². The van der Waals surface area contributed by atoms with Crippen molar-refractivity contribution in [1.82, 2.24) is 4.98 Å². The molecule has 0 unspecified atom stereocenters. The Balaban J connectivity index is 1.57. The fourth-order valence-electron chi connectivity index (χ4n) is 2.42. The van der Waals surface area contributed by atoms with E-state index in [0.29, 0.717) is 16.5 Å². The van der Waals surface area contributed by atoms with E-state index in [1.54, 1.807) is 12.3 Å². The Labute approximate surface area is 148 Å². The number of furan rings is 1. The van der Waals surface area contributed by atoms with Gasteiger partial charge in [0.1, 0.15) is 5.76 Å². The monoisotopic (exact) mass is 346 g/mol. The van der Waals surface area contributed by atoms with Gasteiger partial charge in [-0.3, -0.25) is 0 Å². The predicted octanol–water partition coefficient (Wildman–Crippen LogP) is 5.53. The molecule has 2 aromatic carbocycles. The van der Waals surface area contributed by atoms with E-state index in [-0.39, 0.29) is 5.95 Å². The third-order valence-corrected chi connectivity index (χ3v) is 4.42. The van der Waals surface area contributed by atoms with Crippen molar-refractivity contribution in [2.75, 3.05) is 0 Å². The van der Waals surface area contributed by atoms with Crippen LogP contribution in [0.25, 0.3) is 22.6 Å². The molecule has 122 valence electrons. The summed E-state index contributed by atoms with van der Waals surface area (Å²) in [4.78, 5) is 8.85. The molecule has 25 heavy (non-hydrogen) atoms. The molecule has 0 saturated carbocycles. The average molecular weight is 346 g/mol. The normalized spacial score (nSPS) is 11.2. The molecule has 2 aromatic heterocycles. The fraction of sp³-hybridized carbons (Fsp3) is 0. The summed E-state index contributed by atoms with van der Waals surface area (Å²) in [7, 11) is 0. The highest BCUT2D eigenvalue weighted by atomic mass is 32.1. The smallest absolute Gasteiger partial charge is 0.291 e. The van der Waals surface area contributed by atoms with Crippen LogP contribution in [0.15, 0.2) is 81.5 Å². The number of benzene rings is 2. The van der Waals surface area contributed by atoms with Crippen LogP contribution in [0, 0.1) is 0 Å². The highest BCUT2D eigenvalue weighted by Crippen LogP contribution is 2.30. The summed E-state index contributed by atoms with van der Waals surface area (Å²) < 4.78 is 5.41. The van der Waals surface area contributed by atoms with Gasteiger partial charge in [-0.2, -0.15) is 0 Å². The molecule has 0 spiro atoms. The minimum Gasteiger partial charge on any atom is -0.480 e. The lowest BCUT2D eigenvalue weighted by atomic mass is 10.1. The van der Waals surface area contributed by atoms with E-state index in [9.17, 15) is 5.11 Å². The second-order valence-corrected chi connectivity index (χ2v) is 6.21. The summed E-state index contributed by atoms with van der Waals surface area (Å²) in [5.41, 5.74) is 3.37. The van der Waals surface area contributed by atoms with E-state index in [4.69, 9.17) is 4.42 Å². The van der Waals surface area contributed by atoms with Crippen molar-refractivity contribution in [3.63, 3.8) is 0 Å². The second-order valence-electron chi connectivity index (χ2n) is 5.38. The Kier molecular flexibility index (Phi) is 4.14. The topological polar surface area (TPSA) is 58.6 Å². The van der Waals surface area contributed by atoms with Crippen molar-refractivity contribution in [3.05, 3.63) is 77.7 Å². The van der Waals surface area contributed by atoms with Gasteiger partial charge in [-0.15, -0.1) is 11.3 Å².